The molecule has 3 heteroatoms. The lowest BCUT2D eigenvalue weighted by atomic mass is 10.2. The van der Waals surface area contributed by atoms with E-state index >= 15 is 0 Å². The van der Waals surface area contributed by atoms with Gasteiger partial charge in [0, 0.05) is 23.1 Å². The maximum absolute atomic E-state index is 4.32. The molecule has 0 aliphatic heterocycles. The number of aromatic nitrogens is 1. The van der Waals surface area contributed by atoms with E-state index in [0.29, 0.717) is 0 Å². The van der Waals surface area contributed by atoms with Gasteiger partial charge in [0.05, 0.1) is 11.2 Å². The predicted octanol–water partition coefficient (Wildman–Crippen LogP) is 3.04. The highest BCUT2D eigenvalue weighted by Crippen LogP contribution is 2.27. The summed E-state index contributed by atoms with van der Waals surface area (Å²) in [5.74, 6) is 0. The predicted molar refractivity (Wildman–Crippen MR) is 59.0 cm³/mol. The highest BCUT2D eigenvalue weighted by atomic mass is 79.9. The van der Waals surface area contributed by atoms with Gasteiger partial charge >= 0.3 is 0 Å². The number of fused-ring (bicyclic) bond motifs is 1. The molecule has 0 saturated carbocycles. The van der Waals surface area contributed by atoms with Crippen LogP contribution in [0.15, 0.2) is 34.9 Å². The Labute approximate surface area is 85.1 Å². The number of rotatable bonds is 1. The minimum absolute atomic E-state index is 0.999. The van der Waals surface area contributed by atoms with Gasteiger partial charge in [0.25, 0.3) is 0 Å². The average molecular weight is 237 g/mol. The SMILES string of the molecule is CNc1ccc(Br)c2cccnc12. The molecule has 2 aromatic rings. The molecule has 13 heavy (non-hydrogen) atoms. The minimum atomic E-state index is 0.999. The Bertz CT molecular complexity index is 440. The van der Waals surface area contributed by atoms with Gasteiger partial charge in [0.15, 0.2) is 0 Å². The number of nitrogens with zero attached hydrogens (tertiary/aromatic N) is 1. The molecule has 2 nitrogen and oxygen atoms in total. The number of anilines is 1. The van der Waals surface area contributed by atoms with E-state index in [4.69, 9.17) is 0 Å². The minimum Gasteiger partial charge on any atom is -0.386 e. The molecule has 0 aliphatic rings. The lowest BCUT2D eigenvalue weighted by Crippen LogP contribution is -1.91. The largest absolute Gasteiger partial charge is 0.386 e. The molecule has 2 rings (SSSR count). The number of hydrogen-bond donors (Lipinski definition) is 1. The second-order valence-electron chi connectivity index (χ2n) is 2.74. The lowest BCUT2D eigenvalue weighted by molar-refractivity contribution is 1.39. The van der Waals surface area contributed by atoms with E-state index in [0.717, 1.165) is 21.1 Å². The van der Waals surface area contributed by atoms with Crippen molar-refractivity contribution in [3.05, 3.63) is 34.9 Å². The fourth-order valence-electron chi connectivity index (χ4n) is 1.34. The molecule has 1 aromatic carbocycles. The molecule has 1 aromatic heterocycles. The molecule has 0 bridgehead atoms. The van der Waals surface area contributed by atoms with Crippen LogP contribution in [0.2, 0.25) is 0 Å². The van der Waals surface area contributed by atoms with Crippen LogP contribution in [0, 0.1) is 0 Å². The number of benzene rings is 1. The summed E-state index contributed by atoms with van der Waals surface area (Å²) in [6.45, 7) is 0. The Morgan fingerprint density at radius 3 is 2.92 bits per heavy atom. The number of nitrogens with one attached hydrogen (secondary N) is 1. The summed E-state index contributed by atoms with van der Waals surface area (Å²) in [7, 11) is 1.90. The molecule has 0 unspecified atom stereocenters. The monoisotopic (exact) mass is 236 g/mol. The van der Waals surface area contributed by atoms with Crippen molar-refractivity contribution in [2.45, 2.75) is 0 Å². The summed E-state index contributed by atoms with van der Waals surface area (Å²) in [6, 6.07) is 8.02. The summed E-state index contributed by atoms with van der Waals surface area (Å²) in [5, 5.41) is 4.25. The molecule has 0 radical (unpaired) electrons. The first-order valence-corrected chi connectivity index (χ1v) is 4.83. The van der Waals surface area contributed by atoms with Crippen LogP contribution in [-0.4, -0.2) is 12.0 Å². The van der Waals surface area contributed by atoms with Crippen LogP contribution in [0.5, 0.6) is 0 Å². The summed E-state index contributed by atoms with van der Waals surface area (Å²) in [4.78, 5) is 4.32. The van der Waals surface area contributed by atoms with Crippen LogP contribution in [-0.2, 0) is 0 Å². The molecule has 66 valence electrons. The van der Waals surface area contributed by atoms with E-state index < -0.39 is 0 Å². The smallest absolute Gasteiger partial charge is 0.0944 e. The molecule has 0 atom stereocenters. The van der Waals surface area contributed by atoms with Gasteiger partial charge in [0.2, 0.25) is 0 Å². The van der Waals surface area contributed by atoms with Gasteiger partial charge in [0.1, 0.15) is 0 Å². The maximum Gasteiger partial charge on any atom is 0.0944 e. The zero-order valence-electron chi connectivity index (χ0n) is 7.21. The number of halogens is 1. The molecule has 1 heterocycles. The van der Waals surface area contributed by atoms with E-state index in [1.165, 1.54) is 0 Å². The second-order valence-corrected chi connectivity index (χ2v) is 3.60. The summed E-state index contributed by atoms with van der Waals surface area (Å²) >= 11 is 3.49. The van der Waals surface area contributed by atoms with E-state index in [2.05, 4.69) is 26.2 Å². The van der Waals surface area contributed by atoms with Gasteiger partial charge in [-0.3, -0.25) is 4.98 Å². The molecular formula is C10H9BrN2. The molecule has 0 spiro atoms. The Balaban J connectivity index is 2.84. The highest BCUT2D eigenvalue weighted by Gasteiger charge is 2.02. The Morgan fingerprint density at radius 2 is 2.15 bits per heavy atom. The maximum atomic E-state index is 4.32. The molecule has 0 aliphatic carbocycles. The third kappa shape index (κ3) is 1.40. The average Bonchev–Trinajstić information content (AvgIpc) is 2.19. The molecule has 1 N–H and O–H groups in total. The van der Waals surface area contributed by atoms with Crippen molar-refractivity contribution in [1.82, 2.24) is 4.98 Å². The quantitative estimate of drug-likeness (QED) is 0.824. The fourth-order valence-corrected chi connectivity index (χ4v) is 1.79. The number of pyridine rings is 1. The first-order valence-electron chi connectivity index (χ1n) is 4.04. The van der Waals surface area contributed by atoms with Crippen molar-refractivity contribution in [1.29, 1.82) is 0 Å². The molecular weight excluding hydrogens is 228 g/mol. The normalized spacial score (nSPS) is 10.3. The van der Waals surface area contributed by atoms with Gasteiger partial charge in [-0.2, -0.15) is 0 Å². The Kier molecular flexibility index (Phi) is 2.19. The first kappa shape index (κ1) is 8.51. The third-order valence-corrected chi connectivity index (χ3v) is 2.68. The second kappa shape index (κ2) is 3.34. The van der Waals surface area contributed by atoms with Crippen molar-refractivity contribution >= 4 is 32.5 Å². The van der Waals surface area contributed by atoms with Gasteiger partial charge in [-0.1, -0.05) is 22.0 Å². The summed E-state index contributed by atoms with van der Waals surface area (Å²) in [5.41, 5.74) is 2.05. The van der Waals surface area contributed by atoms with Gasteiger partial charge in [-0.05, 0) is 18.2 Å². The van der Waals surface area contributed by atoms with Gasteiger partial charge in [-0.25, -0.2) is 0 Å². The van der Waals surface area contributed by atoms with Crippen molar-refractivity contribution in [3.8, 4) is 0 Å². The Morgan fingerprint density at radius 1 is 1.31 bits per heavy atom. The summed E-state index contributed by atoms with van der Waals surface area (Å²) < 4.78 is 1.08. The standard InChI is InChI=1S/C10H9BrN2/c1-12-9-5-4-8(11)7-3-2-6-13-10(7)9/h2-6,12H,1H3. The van der Waals surface area contributed by atoms with Crippen molar-refractivity contribution in [2.75, 3.05) is 12.4 Å². The number of hydrogen-bond acceptors (Lipinski definition) is 2. The van der Waals surface area contributed by atoms with Crippen molar-refractivity contribution in [3.63, 3.8) is 0 Å². The molecule has 0 saturated heterocycles. The third-order valence-electron chi connectivity index (χ3n) is 1.99. The fraction of sp³-hybridized carbons (Fsp3) is 0.100. The van der Waals surface area contributed by atoms with Crippen LogP contribution in [0.25, 0.3) is 10.9 Å². The van der Waals surface area contributed by atoms with Gasteiger partial charge < -0.3 is 5.32 Å². The van der Waals surface area contributed by atoms with Crippen LogP contribution >= 0.6 is 15.9 Å². The zero-order valence-corrected chi connectivity index (χ0v) is 8.80. The Hall–Kier alpha value is -1.09. The molecule has 0 fully saturated rings. The van der Waals surface area contributed by atoms with Gasteiger partial charge in [-0.15, -0.1) is 0 Å². The van der Waals surface area contributed by atoms with E-state index in [1.807, 2.05) is 31.3 Å². The van der Waals surface area contributed by atoms with E-state index in [9.17, 15) is 0 Å². The lowest BCUT2D eigenvalue weighted by Gasteiger charge is -2.05. The first-order chi connectivity index (χ1) is 6.33. The van der Waals surface area contributed by atoms with Crippen LogP contribution in [0.4, 0.5) is 5.69 Å². The van der Waals surface area contributed by atoms with Crippen LogP contribution in [0.3, 0.4) is 0 Å². The van der Waals surface area contributed by atoms with E-state index in [1.54, 1.807) is 6.20 Å². The zero-order chi connectivity index (χ0) is 9.26. The van der Waals surface area contributed by atoms with Crippen molar-refractivity contribution < 1.29 is 0 Å². The summed E-state index contributed by atoms with van der Waals surface area (Å²) in [6.07, 6.45) is 1.80. The van der Waals surface area contributed by atoms with Crippen LogP contribution < -0.4 is 5.32 Å². The van der Waals surface area contributed by atoms with E-state index in [-0.39, 0.29) is 0 Å². The van der Waals surface area contributed by atoms with Crippen molar-refractivity contribution in [2.24, 2.45) is 0 Å². The topological polar surface area (TPSA) is 24.9 Å². The highest BCUT2D eigenvalue weighted by molar-refractivity contribution is 9.10. The molecule has 0 amide bonds. The van der Waals surface area contributed by atoms with Crippen LogP contribution in [0.1, 0.15) is 0 Å².